The van der Waals surface area contributed by atoms with Crippen molar-refractivity contribution in [1.29, 1.82) is 0 Å². The molecular formula is C12H16BrClN2S. The second kappa shape index (κ2) is 5.17. The Labute approximate surface area is 119 Å². The monoisotopic (exact) mass is 334 g/mol. The number of rotatable bonds is 3. The molecule has 2 nitrogen and oxygen atoms in total. The van der Waals surface area contributed by atoms with E-state index in [2.05, 4.69) is 32.2 Å². The summed E-state index contributed by atoms with van der Waals surface area (Å²) in [4.78, 5) is 3.90. The summed E-state index contributed by atoms with van der Waals surface area (Å²) in [5, 5.41) is 3.70. The lowest BCUT2D eigenvalue weighted by atomic mass is 9.84. The fourth-order valence-corrected chi connectivity index (χ4v) is 4.65. The van der Waals surface area contributed by atoms with E-state index in [1.807, 2.05) is 0 Å². The molecule has 94 valence electrons. The van der Waals surface area contributed by atoms with Crippen LogP contribution in [0.15, 0.2) is 10.5 Å². The standard InChI is InChI=1S/C12H16BrClN2S/c13-10-5-9(17-12(10)14)6-15-11-7-16-3-1-8(11)2-4-16/h5,8,11,15H,1-4,6-7H2. The minimum atomic E-state index is 0.678. The van der Waals surface area contributed by atoms with Crippen molar-refractivity contribution in [1.82, 2.24) is 10.2 Å². The van der Waals surface area contributed by atoms with E-state index in [4.69, 9.17) is 11.6 Å². The molecule has 4 heterocycles. The zero-order chi connectivity index (χ0) is 11.8. The van der Waals surface area contributed by atoms with Gasteiger partial charge in [-0.05, 0) is 53.8 Å². The van der Waals surface area contributed by atoms with Gasteiger partial charge >= 0.3 is 0 Å². The maximum atomic E-state index is 6.05. The Balaban J connectivity index is 1.57. The number of piperidine rings is 3. The van der Waals surface area contributed by atoms with Crippen LogP contribution in [0.4, 0.5) is 0 Å². The summed E-state index contributed by atoms with van der Waals surface area (Å²) in [6, 6.07) is 2.80. The van der Waals surface area contributed by atoms with E-state index in [1.54, 1.807) is 11.3 Å². The first kappa shape index (κ1) is 12.4. The predicted molar refractivity (Wildman–Crippen MR) is 76.8 cm³/mol. The molecule has 17 heavy (non-hydrogen) atoms. The second-order valence-corrected chi connectivity index (χ2v) is 7.55. The molecule has 0 aliphatic carbocycles. The topological polar surface area (TPSA) is 15.3 Å². The molecule has 0 saturated carbocycles. The Hall–Kier alpha value is 0.390. The van der Waals surface area contributed by atoms with E-state index >= 15 is 0 Å². The van der Waals surface area contributed by atoms with Crippen molar-refractivity contribution in [2.24, 2.45) is 5.92 Å². The molecule has 3 aliphatic heterocycles. The molecule has 1 aromatic rings. The van der Waals surface area contributed by atoms with E-state index in [-0.39, 0.29) is 0 Å². The van der Waals surface area contributed by atoms with E-state index in [0.29, 0.717) is 6.04 Å². The summed E-state index contributed by atoms with van der Waals surface area (Å²) in [5.41, 5.74) is 0. The van der Waals surface area contributed by atoms with E-state index in [0.717, 1.165) is 21.3 Å². The van der Waals surface area contributed by atoms with Crippen LogP contribution in [0.2, 0.25) is 4.34 Å². The molecule has 3 saturated heterocycles. The Morgan fingerprint density at radius 2 is 2.24 bits per heavy atom. The highest BCUT2D eigenvalue weighted by atomic mass is 79.9. The Morgan fingerprint density at radius 3 is 2.76 bits per heavy atom. The van der Waals surface area contributed by atoms with E-state index in [1.165, 1.54) is 37.4 Å². The third-order valence-electron chi connectivity index (χ3n) is 3.89. The SMILES string of the molecule is Clc1sc(CNC2CN3CCC2CC3)cc1Br. The lowest BCUT2D eigenvalue weighted by Gasteiger charge is -2.45. The van der Waals surface area contributed by atoms with Crippen LogP contribution in [0, 0.1) is 5.92 Å². The number of nitrogens with zero attached hydrogens (tertiary/aromatic N) is 1. The summed E-state index contributed by atoms with van der Waals surface area (Å²) in [5.74, 6) is 0.888. The van der Waals surface area contributed by atoms with Gasteiger partial charge in [-0.1, -0.05) is 11.6 Å². The first-order valence-electron chi connectivity index (χ1n) is 6.12. The molecule has 0 radical (unpaired) electrons. The number of hydrogen-bond acceptors (Lipinski definition) is 3. The van der Waals surface area contributed by atoms with Crippen molar-refractivity contribution in [2.45, 2.75) is 25.4 Å². The zero-order valence-corrected chi connectivity index (χ0v) is 12.7. The van der Waals surface area contributed by atoms with Gasteiger partial charge in [0.1, 0.15) is 4.34 Å². The molecular weight excluding hydrogens is 320 g/mol. The van der Waals surface area contributed by atoms with Crippen molar-refractivity contribution in [3.05, 3.63) is 19.8 Å². The molecule has 3 aliphatic rings. The molecule has 1 atom stereocenters. The molecule has 0 aromatic carbocycles. The zero-order valence-electron chi connectivity index (χ0n) is 9.59. The Bertz CT molecular complexity index is 382. The number of fused-ring (bicyclic) bond motifs is 3. The van der Waals surface area contributed by atoms with Crippen LogP contribution in [-0.2, 0) is 6.54 Å². The highest BCUT2D eigenvalue weighted by Crippen LogP contribution is 2.32. The van der Waals surface area contributed by atoms with Gasteiger partial charge in [0.15, 0.2) is 0 Å². The summed E-state index contributed by atoms with van der Waals surface area (Å²) < 4.78 is 1.88. The van der Waals surface area contributed by atoms with Gasteiger partial charge in [-0.15, -0.1) is 11.3 Å². The molecule has 3 fully saturated rings. The average molecular weight is 336 g/mol. The number of nitrogens with one attached hydrogen (secondary N) is 1. The molecule has 1 unspecified atom stereocenters. The molecule has 1 aromatic heterocycles. The molecule has 0 spiro atoms. The normalized spacial score (nSPS) is 32.0. The summed E-state index contributed by atoms with van der Waals surface area (Å²) in [7, 11) is 0. The molecule has 4 rings (SSSR count). The summed E-state index contributed by atoms with van der Waals surface area (Å²) in [6.07, 6.45) is 2.74. The third-order valence-corrected chi connectivity index (χ3v) is 6.37. The van der Waals surface area contributed by atoms with E-state index in [9.17, 15) is 0 Å². The molecule has 0 amide bonds. The fourth-order valence-electron chi connectivity index (χ4n) is 2.91. The van der Waals surface area contributed by atoms with Gasteiger partial charge in [-0.2, -0.15) is 0 Å². The van der Waals surface area contributed by atoms with Gasteiger partial charge in [0, 0.05) is 28.5 Å². The van der Waals surface area contributed by atoms with Gasteiger partial charge in [0.05, 0.1) is 0 Å². The summed E-state index contributed by atoms with van der Waals surface area (Å²) in [6.45, 7) is 4.79. The van der Waals surface area contributed by atoms with Crippen molar-refractivity contribution in [2.75, 3.05) is 19.6 Å². The van der Waals surface area contributed by atoms with Crippen LogP contribution in [0.1, 0.15) is 17.7 Å². The largest absolute Gasteiger partial charge is 0.308 e. The quantitative estimate of drug-likeness (QED) is 0.911. The average Bonchev–Trinajstić information content (AvgIpc) is 2.68. The van der Waals surface area contributed by atoms with Crippen LogP contribution >= 0.6 is 38.9 Å². The number of hydrogen-bond donors (Lipinski definition) is 1. The predicted octanol–water partition coefficient (Wildman–Crippen LogP) is 3.35. The minimum Gasteiger partial charge on any atom is -0.308 e. The lowest BCUT2D eigenvalue weighted by Crippen LogP contribution is -2.55. The maximum absolute atomic E-state index is 6.05. The maximum Gasteiger partial charge on any atom is 0.107 e. The van der Waals surface area contributed by atoms with Crippen LogP contribution in [-0.4, -0.2) is 30.6 Å². The third kappa shape index (κ3) is 2.71. The van der Waals surface area contributed by atoms with Crippen LogP contribution < -0.4 is 5.32 Å². The highest BCUT2D eigenvalue weighted by Gasteiger charge is 2.33. The molecule has 1 N–H and O–H groups in total. The van der Waals surface area contributed by atoms with Crippen molar-refractivity contribution < 1.29 is 0 Å². The van der Waals surface area contributed by atoms with Gasteiger partial charge in [0.2, 0.25) is 0 Å². The van der Waals surface area contributed by atoms with Crippen LogP contribution in [0.3, 0.4) is 0 Å². The van der Waals surface area contributed by atoms with Gasteiger partial charge in [0.25, 0.3) is 0 Å². The first-order valence-corrected chi connectivity index (χ1v) is 8.10. The molecule has 2 bridgehead atoms. The summed E-state index contributed by atoms with van der Waals surface area (Å²) >= 11 is 11.2. The van der Waals surface area contributed by atoms with Crippen molar-refractivity contribution in [3.63, 3.8) is 0 Å². The first-order chi connectivity index (χ1) is 8.22. The van der Waals surface area contributed by atoms with Gasteiger partial charge < -0.3 is 10.2 Å². The van der Waals surface area contributed by atoms with Crippen molar-refractivity contribution >= 4 is 38.9 Å². The van der Waals surface area contributed by atoms with Crippen LogP contribution in [0.5, 0.6) is 0 Å². The van der Waals surface area contributed by atoms with Crippen molar-refractivity contribution in [3.8, 4) is 0 Å². The number of halogens is 2. The fraction of sp³-hybridized carbons (Fsp3) is 0.667. The Kier molecular flexibility index (Phi) is 3.78. The second-order valence-electron chi connectivity index (χ2n) is 4.96. The number of thiophene rings is 1. The molecule has 5 heteroatoms. The highest BCUT2D eigenvalue weighted by molar-refractivity contribution is 9.10. The van der Waals surface area contributed by atoms with Gasteiger partial charge in [-0.25, -0.2) is 0 Å². The van der Waals surface area contributed by atoms with E-state index < -0.39 is 0 Å². The lowest BCUT2D eigenvalue weighted by molar-refractivity contribution is 0.0721. The Morgan fingerprint density at radius 1 is 1.47 bits per heavy atom. The van der Waals surface area contributed by atoms with Gasteiger partial charge in [-0.3, -0.25) is 0 Å². The minimum absolute atomic E-state index is 0.678. The van der Waals surface area contributed by atoms with Crippen LogP contribution in [0.25, 0.3) is 0 Å². The smallest absolute Gasteiger partial charge is 0.107 e.